The second-order valence-electron chi connectivity index (χ2n) is 10.0. The average molecular weight is 392 g/mol. The Morgan fingerprint density at radius 3 is 2.03 bits per heavy atom. The zero-order chi connectivity index (χ0) is 21.1. The minimum absolute atomic E-state index is 0.0447. The Kier molecular flexibility index (Phi) is 4.08. The van der Waals surface area contributed by atoms with E-state index in [1.54, 1.807) is 0 Å². The van der Waals surface area contributed by atoms with Crippen molar-refractivity contribution in [2.45, 2.75) is 45.4 Å². The molecule has 1 aliphatic carbocycles. The molecule has 0 radical (unpaired) electrons. The summed E-state index contributed by atoms with van der Waals surface area (Å²) in [4.78, 5) is 0. The molecule has 4 aromatic rings. The fraction of sp³-hybridized carbons (Fsp3) is 0.241. The summed E-state index contributed by atoms with van der Waals surface area (Å²) in [5.74, 6) is 0. The molecule has 0 unspecified atom stereocenters. The lowest BCUT2D eigenvalue weighted by atomic mass is 9.68. The van der Waals surface area contributed by atoms with Gasteiger partial charge in [0, 0.05) is 16.8 Å². The fourth-order valence-corrected chi connectivity index (χ4v) is 4.83. The Morgan fingerprint density at radius 2 is 1.33 bits per heavy atom. The van der Waals surface area contributed by atoms with Crippen LogP contribution in [0.3, 0.4) is 0 Å². The van der Waals surface area contributed by atoms with Crippen molar-refractivity contribution in [2.75, 3.05) is 5.32 Å². The van der Waals surface area contributed by atoms with E-state index in [4.69, 9.17) is 0 Å². The quantitative estimate of drug-likeness (QED) is 0.363. The first-order chi connectivity index (χ1) is 14.2. The summed E-state index contributed by atoms with van der Waals surface area (Å²) in [7, 11) is 0. The second kappa shape index (κ2) is 6.47. The maximum Gasteiger partial charge on any atom is 0.0387 e. The van der Waals surface area contributed by atoms with Gasteiger partial charge in [0.2, 0.25) is 0 Å². The van der Waals surface area contributed by atoms with Gasteiger partial charge in [-0.25, -0.2) is 0 Å². The molecule has 0 atom stereocenters. The van der Waals surface area contributed by atoms with Crippen LogP contribution < -0.4 is 5.32 Å². The van der Waals surface area contributed by atoms with Crippen LogP contribution in [0.4, 0.5) is 11.4 Å². The molecular formula is C29H29N. The van der Waals surface area contributed by atoms with E-state index < -0.39 is 0 Å². The lowest BCUT2D eigenvalue weighted by Crippen LogP contribution is -2.23. The molecule has 0 aliphatic heterocycles. The van der Waals surface area contributed by atoms with Crippen LogP contribution in [0.2, 0.25) is 0 Å². The summed E-state index contributed by atoms with van der Waals surface area (Å²) in [6, 6.07) is 29.0. The van der Waals surface area contributed by atoms with Gasteiger partial charge in [-0.05, 0) is 68.3 Å². The Hall–Kier alpha value is -3.06. The highest BCUT2D eigenvalue weighted by Crippen LogP contribution is 2.49. The molecule has 1 aliphatic rings. The van der Waals surface area contributed by atoms with Crippen LogP contribution in [0.25, 0.3) is 21.9 Å². The van der Waals surface area contributed by atoms with Crippen molar-refractivity contribution in [2.24, 2.45) is 0 Å². The van der Waals surface area contributed by atoms with Crippen molar-refractivity contribution in [3.63, 3.8) is 0 Å². The molecular weight excluding hydrogens is 362 g/mol. The highest BCUT2D eigenvalue weighted by molar-refractivity contribution is 6.03. The summed E-state index contributed by atoms with van der Waals surface area (Å²) >= 11 is 0. The van der Waals surface area contributed by atoms with Crippen molar-refractivity contribution >= 4 is 22.1 Å². The summed E-state index contributed by atoms with van der Waals surface area (Å²) in [5, 5.41) is 6.34. The predicted octanol–water partition coefficient (Wildman–Crippen LogP) is 8.19. The van der Waals surface area contributed by atoms with Crippen LogP contribution in [-0.2, 0) is 10.8 Å². The topological polar surface area (TPSA) is 12.0 Å². The molecule has 5 rings (SSSR count). The Balaban J connectivity index is 1.58. The van der Waals surface area contributed by atoms with E-state index in [2.05, 4.69) is 119 Å². The number of fused-ring (bicyclic) bond motifs is 2. The first-order valence-electron chi connectivity index (χ1n) is 10.8. The third-order valence-electron chi connectivity index (χ3n) is 6.60. The van der Waals surface area contributed by atoms with Crippen molar-refractivity contribution in [1.82, 2.24) is 0 Å². The third-order valence-corrected chi connectivity index (χ3v) is 6.60. The zero-order valence-electron chi connectivity index (χ0n) is 18.5. The smallest absolute Gasteiger partial charge is 0.0387 e. The van der Waals surface area contributed by atoms with Gasteiger partial charge < -0.3 is 5.32 Å². The SMILES string of the molecule is CC(C)(C)c1ccc(Nc2ccc3c(c2)C(C)(C)c2cccc4cccc-3c24)cc1. The highest BCUT2D eigenvalue weighted by atomic mass is 14.9. The molecule has 0 saturated heterocycles. The van der Waals surface area contributed by atoms with Crippen molar-refractivity contribution in [3.8, 4) is 11.1 Å². The Bertz CT molecular complexity index is 1250. The van der Waals surface area contributed by atoms with Gasteiger partial charge in [-0.15, -0.1) is 0 Å². The number of hydrogen-bond donors (Lipinski definition) is 1. The molecule has 0 saturated carbocycles. The summed E-state index contributed by atoms with van der Waals surface area (Å²) < 4.78 is 0. The van der Waals surface area contributed by atoms with Crippen molar-refractivity contribution in [3.05, 3.63) is 95.6 Å². The normalized spacial score (nSPS) is 14.4. The number of rotatable bonds is 2. The first-order valence-corrected chi connectivity index (χ1v) is 10.8. The van der Waals surface area contributed by atoms with Gasteiger partial charge in [-0.3, -0.25) is 0 Å². The molecule has 30 heavy (non-hydrogen) atoms. The van der Waals surface area contributed by atoms with Gasteiger partial charge in [0.1, 0.15) is 0 Å². The van der Waals surface area contributed by atoms with E-state index in [1.165, 1.54) is 38.6 Å². The van der Waals surface area contributed by atoms with Gasteiger partial charge in [-0.1, -0.05) is 89.2 Å². The fourth-order valence-electron chi connectivity index (χ4n) is 4.83. The van der Waals surface area contributed by atoms with Crippen LogP contribution in [0, 0.1) is 0 Å². The van der Waals surface area contributed by atoms with Crippen molar-refractivity contribution in [1.29, 1.82) is 0 Å². The van der Waals surface area contributed by atoms with E-state index in [0.717, 1.165) is 11.4 Å². The number of anilines is 2. The average Bonchev–Trinajstić information content (AvgIpc) is 2.72. The molecule has 0 fully saturated rings. The third kappa shape index (κ3) is 2.92. The number of nitrogens with one attached hydrogen (secondary N) is 1. The zero-order valence-corrected chi connectivity index (χ0v) is 18.5. The van der Waals surface area contributed by atoms with Crippen LogP contribution in [0.1, 0.15) is 51.3 Å². The van der Waals surface area contributed by atoms with E-state index >= 15 is 0 Å². The largest absolute Gasteiger partial charge is 0.356 e. The van der Waals surface area contributed by atoms with Gasteiger partial charge in [0.15, 0.2) is 0 Å². The Labute approximate surface area is 179 Å². The van der Waals surface area contributed by atoms with Gasteiger partial charge in [-0.2, -0.15) is 0 Å². The molecule has 1 nitrogen and oxygen atoms in total. The highest BCUT2D eigenvalue weighted by Gasteiger charge is 2.33. The molecule has 0 spiro atoms. The molecule has 0 amide bonds. The van der Waals surface area contributed by atoms with Crippen molar-refractivity contribution < 1.29 is 0 Å². The summed E-state index contributed by atoms with van der Waals surface area (Å²) in [6.07, 6.45) is 0. The Morgan fingerprint density at radius 1 is 0.667 bits per heavy atom. The monoisotopic (exact) mass is 391 g/mol. The molecule has 150 valence electrons. The van der Waals surface area contributed by atoms with E-state index in [-0.39, 0.29) is 10.8 Å². The number of benzene rings is 4. The van der Waals surface area contributed by atoms with Gasteiger partial charge in [0.05, 0.1) is 0 Å². The summed E-state index contributed by atoms with van der Waals surface area (Å²) in [5.41, 5.74) is 9.22. The lowest BCUT2D eigenvalue weighted by molar-refractivity contribution is 0.590. The molecule has 0 bridgehead atoms. The minimum Gasteiger partial charge on any atom is -0.356 e. The second-order valence-corrected chi connectivity index (χ2v) is 10.0. The van der Waals surface area contributed by atoms with E-state index in [0.29, 0.717) is 0 Å². The molecule has 1 N–H and O–H groups in total. The van der Waals surface area contributed by atoms with Gasteiger partial charge >= 0.3 is 0 Å². The van der Waals surface area contributed by atoms with Crippen LogP contribution in [-0.4, -0.2) is 0 Å². The van der Waals surface area contributed by atoms with Gasteiger partial charge in [0.25, 0.3) is 0 Å². The van der Waals surface area contributed by atoms with Crippen LogP contribution >= 0.6 is 0 Å². The first kappa shape index (κ1) is 18.9. The maximum absolute atomic E-state index is 3.62. The van der Waals surface area contributed by atoms with Crippen LogP contribution in [0.5, 0.6) is 0 Å². The van der Waals surface area contributed by atoms with E-state index in [1.807, 2.05) is 0 Å². The summed E-state index contributed by atoms with van der Waals surface area (Å²) in [6.45, 7) is 11.4. The minimum atomic E-state index is -0.0447. The number of hydrogen-bond acceptors (Lipinski definition) is 1. The van der Waals surface area contributed by atoms with E-state index in [9.17, 15) is 0 Å². The molecule has 1 heteroatoms. The molecule has 0 heterocycles. The predicted molar refractivity (Wildman–Crippen MR) is 130 cm³/mol. The lowest BCUT2D eigenvalue weighted by Gasteiger charge is -2.35. The standard InChI is InChI=1S/C29H29N/c1-28(2,3)20-12-14-21(15-13-20)30-22-16-17-23-24-10-6-8-19-9-7-11-25(27(19)24)29(4,5)26(23)18-22/h6-18,30H,1-5H3. The molecule has 4 aromatic carbocycles. The van der Waals surface area contributed by atoms with Crippen LogP contribution in [0.15, 0.2) is 78.9 Å². The molecule has 0 aromatic heterocycles. The maximum atomic E-state index is 3.62.